The van der Waals surface area contributed by atoms with E-state index in [1.807, 2.05) is 30.3 Å². The molecule has 0 fully saturated rings. The number of carbonyl (C=O) groups is 1. The van der Waals surface area contributed by atoms with Crippen molar-refractivity contribution >= 4 is 17.4 Å². The number of nitrogens with one attached hydrogen (secondary N) is 1. The lowest BCUT2D eigenvalue weighted by Gasteiger charge is -2.09. The Kier molecular flexibility index (Phi) is 4.03. The van der Waals surface area contributed by atoms with E-state index < -0.39 is 0 Å². The lowest BCUT2D eigenvalue weighted by atomic mass is 10.2. The molecule has 2 aromatic carbocycles. The predicted octanol–water partition coefficient (Wildman–Crippen LogP) is 3.48. The van der Waals surface area contributed by atoms with E-state index in [1.165, 1.54) is 17.0 Å². The van der Waals surface area contributed by atoms with Crippen molar-refractivity contribution in [2.24, 2.45) is 0 Å². The molecule has 0 atom stereocenters. The summed E-state index contributed by atoms with van der Waals surface area (Å²) in [6, 6.07) is 16.7. The molecule has 2 aromatic heterocycles. The molecule has 128 valence electrons. The number of benzene rings is 2. The highest BCUT2D eigenvalue weighted by molar-refractivity contribution is 6.04. The minimum Gasteiger partial charge on any atom is -0.457 e. The third-order valence-electron chi connectivity index (χ3n) is 3.88. The summed E-state index contributed by atoms with van der Waals surface area (Å²) < 4.78 is 7.27. The van der Waals surface area contributed by atoms with Gasteiger partial charge in [0.1, 0.15) is 17.8 Å². The van der Waals surface area contributed by atoms with Crippen molar-refractivity contribution in [2.75, 3.05) is 5.32 Å². The zero-order chi connectivity index (χ0) is 17.9. The number of anilines is 1. The zero-order valence-corrected chi connectivity index (χ0v) is 14.0. The van der Waals surface area contributed by atoms with Gasteiger partial charge in [0, 0.05) is 11.9 Å². The van der Waals surface area contributed by atoms with Crippen molar-refractivity contribution in [1.29, 1.82) is 0 Å². The van der Waals surface area contributed by atoms with Crippen LogP contribution in [0.3, 0.4) is 0 Å². The van der Waals surface area contributed by atoms with Crippen molar-refractivity contribution in [2.45, 2.75) is 6.92 Å². The summed E-state index contributed by atoms with van der Waals surface area (Å²) in [4.78, 5) is 20.7. The Morgan fingerprint density at radius 3 is 2.50 bits per heavy atom. The minimum absolute atomic E-state index is 0.260. The predicted molar refractivity (Wildman–Crippen MR) is 96.4 cm³/mol. The molecule has 0 radical (unpaired) electrons. The Balaban J connectivity index is 1.49. The van der Waals surface area contributed by atoms with Gasteiger partial charge in [0.25, 0.3) is 11.7 Å². The van der Waals surface area contributed by atoms with E-state index in [0.717, 1.165) is 5.75 Å². The van der Waals surface area contributed by atoms with Crippen molar-refractivity contribution < 1.29 is 9.53 Å². The number of hydrogen-bond acceptors (Lipinski definition) is 5. The highest BCUT2D eigenvalue weighted by Gasteiger charge is 2.14. The SMILES string of the molecule is Cc1c(C(=O)Nc2ccc(Oc3ccccc3)cc2)cnc2ncnn12. The summed E-state index contributed by atoms with van der Waals surface area (Å²) in [5.74, 6) is 1.65. The average molecular weight is 345 g/mol. The third kappa shape index (κ3) is 3.10. The smallest absolute Gasteiger partial charge is 0.259 e. The van der Waals surface area contributed by atoms with E-state index in [1.54, 1.807) is 31.2 Å². The van der Waals surface area contributed by atoms with Crippen molar-refractivity contribution in [3.8, 4) is 11.5 Å². The summed E-state index contributed by atoms with van der Waals surface area (Å²) >= 11 is 0. The number of rotatable bonds is 4. The van der Waals surface area contributed by atoms with Crippen LogP contribution in [-0.2, 0) is 0 Å². The Morgan fingerprint density at radius 2 is 1.73 bits per heavy atom. The van der Waals surface area contributed by atoms with Crippen molar-refractivity contribution in [3.63, 3.8) is 0 Å². The van der Waals surface area contributed by atoms with Gasteiger partial charge < -0.3 is 10.1 Å². The molecule has 7 heteroatoms. The second-order valence-electron chi connectivity index (χ2n) is 5.62. The first-order chi connectivity index (χ1) is 12.7. The first-order valence-corrected chi connectivity index (χ1v) is 8.00. The Labute approximate surface area is 149 Å². The largest absolute Gasteiger partial charge is 0.457 e. The third-order valence-corrected chi connectivity index (χ3v) is 3.88. The quantitative estimate of drug-likeness (QED) is 0.612. The van der Waals surface area contributed by atoms with Gasteiger partial charge in [0.2, 0.25) is 0 Å². The lowest BCUT2D eigenvalue weighted by Crippen LogP contribution is -2.16. The summed E-state index contributed by atoms with van der Waals surface area (Å²) in [5.41, 5.74) is 1.77. The number of amides is 1. The fraction of sp³-hybridized carbons (Fsp3) is 0.0526. The summed E-state index contributed by atoms with van der Waals surface area (Å²) in [6.07, 6.45) is 2.91. The molecule has 0 saturated carbocycles. The Morgan fingerprint density at radius 1 is 1.00 bits per heavy atom. The monoisotopic (exact) mass is 345 g/mol. The van der Waals surface area contributed by atoms with Crippen LogP contribution in [0.15, 0.2) is 67.1 Å². The van der Waals surface area contributed by atoms with Crippen LogP contribution < -0.4 is 10.1 Å². The molecule has 0 aliphatic heterocycles. The Hall–Kier alpha value is -3.74. The van der Waals surface area contributed by atoms with E-state index in [0.29, 0.717) is 28.5 Å². The maximum Gasteiger partial charge on any atom is 0.259 e. The molecule has 7 nitrogen and oxygen atoms in total. The van der Waals surface area contributed by atoms with Gasteiger partial charge in [0.15, 0.2) is 0 Å². The molecule has 1 amide bonds. The number of fused-ring (bicyclic) bond motifs is 1. The molecule has 0 spiro atoms. The number of carbonyl (C=O) groups excluding carboxylic acids is 1. The van der Waals surface area contributed by atoms with Crippen LogP contribution in [0.2, 0.25) is 0 Å². The van der Waals surface area contributed by atoms with Gasteiger partial charge in [-0.1, -0.05) is 18.2 Å². The number of nitrogens with zero attached hydrogens (tertiary/aromatic N) is 4. The van der Waals surface area contributed by atoms with Gasteiger partial charge in [-0.05, 0) is 43.3 Å². The minimum atomic E-state index is -0.260. The van der Waals surface area contributed by atoms with Crippen LogP contribution in [0, 0.1) is 6.92 Å². The Bertz CT molecular complexity index is 1060. The van der Waals surface area contributed by atoms with Crippen LogP contribution in [0.4, 0.5) is 5.69 Å². The van der Waals surface area contributed by atoms with Crippen LogP contribution in [0.25, 0.3) is 5.78 Å². The summed E-state index contributed by atoms with van der Waals surface area (Å²) in [7, 11) is 0. The highest BCUT2D eigenvalue weighted by Crippen LogP contribution is 2.23. The van der Waals surface area contributed by atoms with Gasteiger partial charge >= 0.3 is 0 Å². The first-order valence-electron chi connectivity index (χ1n) is 8.00. The maximum atomic E-state index is 12.5. The van der Waals surface area contributed by atoms with Gasteiger partial charge in [-0.25, -0.2) is 9.50 Å². The number of para-hydroxylation sites is 1. The van der Waals surface area contributed by atoms with E-state index in [4.69, 9.17) is 4.74 Å². The molecule has 4 aromatic rings. The molecular weight excluding hydrogens is 330 g/mol. The van der Waals surface area contributed by atoms with Crippen LogP contribution >= 0.6 is 0 Å². The van der Waals surface area contributed by atoms with Crippen LogP contribution in [0.1, 0.15) is 16.1 Å². The van der Waals surface area contributed by atoms with Gasteiger partial charge in [-0.15, -0.1) is 0 Å². The average Bonchev–Trinajstić information content (AvgIpc) is 3.14. The molecule has 2 heterocycles. The van der Waals surface area contributed by atoms with Gasteiger partial charge in [0.05, 0.1) is 11.3 Å². The second-order valence-corrected chi connectivity index (χ2v) is 5.62. The summed E-state index contributed by atoms with van der Waals surface area (Å²) in [5, 5.41) is 6.92. The van der Waals surface area contributed by atoms with E-state index >= 15 is 0 Å². The maximum absolute atomic E-state index is 12.5. The molecule has 0 bridgehead atoms. The molecule has 4 rings (SSSR count). The standard InChI is InChI=1S/C19H15N5O2/c1-13-17(11-20-19-21-12-22-24(13)19)18(25)23-14-7-9-16(10-8-14)26-15-5-3-2-4-6-15/h2-12H,1H3,(H,23,25). The van der Waals surface area contributed by atoms with E-state index in [9.17, 15) is 4.79 Å². The van der Waals surface area contributed by atoms with E-state index in [-0.39, 0.29) is 5.91 Å². The number of aryl methyl sites for hydroxylation is 1. The molecule has 1 N–H and O–H groups in total. The summed E-state index contributed by atoms with van der Waals surface area (Å²) in [6.45, 7) is 1.80. The van der Waals surface area contributed by atoms with Crippen LogP contribution in [-0.4, -0.2) is 25.5 Å². The van der Waals surface area contributed by atoms with Gasteiger partial charge in [-0.3, -0.25) is 4.79 Å². The molecular formula is C19H15N5O2. The fourth-order valence-corrected chi connectivity index (χ4v) is 2.54. The van der Waals surface area contributed by atoms with Crippen molar-refractivity contribution in [3.05, 3.63) is 78.4 Å². The highest BCUT2D eigenvalue weighted by atomic mass is 16.5. The number of ether oxygens (including phenoxy) is 1. The number of aromatic nitrogens is 4. The topological polar surface area (TPSA) is 81.4 Å². The molecule has 0 aliphatic carbocycles. The normalized spacial score (nSPS) is 10.7. The fourth-order valence-electron chi connectivity index (χ4n) is 2.54. The lowest BCUT2D eigenvalue weighted by molar-refractivity contribution is 0.102. The van der Waals surface area contributed by atoms with Crippen molar-refractivity contribution in [1.82, 2.24) is 19.6 Å². The second kappa shape index (κ2) is 6.64. The molecule has 0 unspecified atom stereocenters. The molecule has 0 saturated heterocycles. The number of hydrogen-bond donors (Lipinski definition) is 1. The van der Waals surface area contributed by atoms with E-state index in [2.05, 4.69) is 20.4 Å². The van der Waals surface area contributed by atoms with Crippen LogP contribution in [0.5, 0.6) is 11.5 Å². The zero-order valence-electron chi connectivity index (χ0n) is 14.0. The molecule has 26 heavy (non-hydrogen) atoms. The molecule has 0 aliphatic rings. The van der Waals surface area contributed by atoms with Gasteiger partial charge in [-0.2, -0.15) is 10.1 Å². The first kappa shape index (κ1) is 15.8.